The number of ketones is 1. The largest absolute Gasteiger partial charge is 0.507 e. The fourth-order valence-electron chi connectivity index (χ4n) is 4.46. The Labute approximate surface area is 201 Å². The summed E-state index contributed by atoms with van der Waals surface area (Å²) in [5, 5.41) is 11.4. The van der Waals surface area contributed by atoms with Crippen LogP contribution in [0.2, 0.25) is 0 Å². The summed E-state index contributed by atoms with van der Waals surface area (Å²) in [6.45, 7) is 1.23. The molecule has 0 radical (unpaired) electrons. The fraction of sp³-hybridized carbons (Fsp3) is 0.185. The van der Waals surface area contributed by atoms with Gasteiger partial charge in [-0.15, -0.1) is 0 Å². The van der Waals surface area contributed by atoms with Crippen molar-refractivity contribution >= 4 is 28.8 Å². The summed E-state index contributed by atoms with van der Waals surface area (Å²) in [6, 6.07) is 16.4. The van der Waals surface area contributed by atoms with Crippen LogP contribution in [0.25, 0.3) is 5.76 Å². The highest BCUT2D eigenvalue weighted by Gasteiger charge is 2.47. The minimum atomic E-state index is -0.920. The molecule has 1 fully saturated rings. The molecule has 2 aliphatic rings. The Morgan fingerprint density at radius 3 is 2.46 bits per heavy atom. The third-order valence-electron chi connectivity index (χ3n) is 6.31. The van der Waals surface area contributed by atoms with Crippen LogP contribution in [0.4, 0.5) is 15.8 Å². The molecule has 0 bridgehead atoms. The molecule has 2 heterocycles. The van der Waals surface area contributed by atoms with Crippen molar-refractivity contribution in [3.8, 4) is 11.5 Å². The van der Waals surface area contributed by atoms with Crippen molar-refractivity contribution in [3.63, 3.8) is 0 Å². The molecule has 1 saturated heterocycles. The summed E-state index contributed by atoms with van der Waals surface area (Å²) in [5.74, 6) is -1.12. The lowest BCUT2D eigenvalue weighted by Crippen LogP contribution is -2.29. The Morgan fingerprint density at radius 2 is 1.77 bits per heavy atom. The number of Topliss-reactive ketones (excluding diaryl/α,β-unsaturated/α-hetero) is 1. The molecule has 0 saturated carbocycles. The number of halogens is 1. The quantitative estimate of drug-likeness (QED) is 0.345. The second-order valence-corrected chi connectivity index (χ2v) is 8.37. The van der Waals surface area contributed by atoms with Crippen LogP contribution in [-0.4, -0.2) is 44.1 Å². The van der Waals surface area contributed by atoms with E-state index >= 15 is 0 Å². The second-order valence-electron chi connectivity index (χ2n) is 8.37. The maximum atomic E-state index is 13.6. The maximum absolute atomic E-state index is 13.6. The van der Waals surface area contributed by atoms with Crippen molar-refractivity contribution in [2.75, 3.05) is 37.1 Å². The van der Waals surface area contributed by atoms with Gasteiger partial charge in [-0.3, -0.25) is 14.5 Å². The molecule has 35 heavy (non-hydrogen) atoms. The van der Waals surface area contributed by atoms with Crippen molar-refractivity contribution < 1.29 is 28.6 Å². The van der Waals surface area contributed by atoms with Gasteiger partial charge in [0.2, 0.25) is 0 Å². The highest BCUT2D eigenvalue weighted by molar-refractivity contribution is 6.51. The summed E-state index contributed by atoms with van der Waals surface area (Å²) in [6.07, 6.45) is 0. The predicted molar refractivity (Wildman–Crippen MR) is 129 cm³/mol. The number of fused-ring (bicyclic) bond motifs is 1. The SMILES string of the molecule is COc1ccc(C2/C(=C(/O)c3ccc4c(c3)N(C)CCO4)C(=O)C(=O)N2c2ccc(F)cc2)cc1. The summed E-state index contributed by atoms with van der Waals surface area (Å²) >= 11 is 0. The molecule has 1 amide bonds. The summed E-state index contributed by atoms with van der Waals surface area (Å²) in [7, 11) is 3.45. The molecule has 178 valence electrons. The molecule has 2 aliphatic heterocycles. The number of nitrogens with zero attached hydrogens (tertiary/aromatic N) is 2. The summed E-state index contributed by atoms with van der Waals surface area (Å²) < 4.78 is 24.5. The molecule has 8 heteroatoms. The zero-order chi connectivity index (χ0) is 24.7. The van der Waals surface area contributed by atoms with E-state index in [1.54, 1.807) is 42.5 Å². The Hall–Kier alpha value is -4.33. The third-order valence-corrected chi connectivity index (χ3v) is 6.31. The zero-order valence-corrected chi connectivity index (χ0v) is 19.2. The van der Waals surface area contributed by atoms with Gasteiger partial charge in [-0.05, 0) is 60.2 Å². The van der Waals surface area contributed by atoms with Gasteiger partial charge in [0.1, 0.15) is 29.7 Å². The predicted octanol–water partition coefficient (Wildman–Crippen LogP) is 4.29. The average Bonchev–Trinajstić information content (AvgIpc) is 3.14. The minimum absolute atomic E-state index is 0.0520. The molecule has 1 atom stereocenters. The van der Waals surface area contributed by atoms with E-state index in [0.717, 1.165) is 5.69 Å². The number of hydrogen-bond donors (Lipinski definition) is 1. The number of hydrogen-bond acceptors (Lipinski definition) is 6. The van der Waals surface area contributed by atoms with Crippen LogP contribution in [-0.2, 0) is 9.59 Å². The van der Waals surface area contributed by atoms with Gasteiger partial charge in [0.25, 0.3) is 11.7 Å². The molecular weight excluding hydrogens is 451 g/mol. The lowest BCUT2D eigenvalue weighted by molar-refractivity contribution is -0.132. The summed E-state index contributed by atoms with van der Waals surface area (Å²) in [5.41, 5.74) is 2.04. The van der Waals surface area contributed by atoms with Crippen molar-refractivity contribution in [1.29, 1.82) is 0 Å². The molecule has 5 rings (SSSR count). The third kappa shape index (κ3) is 3.86. The number of carbonyl (C=O) groups excluding carboxylic acids is 2. The van der Waals surface area contributed by atoms with Crippen molar-refractivity contribution in [2.45, 2.75) is 6.04 Å². The number of aliphatic hydroxyl groups is 1. The van der Waals surface area contributed by atoms with E-state index in [2.05, 4.69) is 0 Å². The first-order valence-corrected chi connectivity index (χ1v) is 11.1. The molecule has 0 aliphatic carbocycles. The van der Waals surface area contributed by atoms with Gasteiger partial charge in [0.05, 0.1) is 31.0 Å². The van der Waals surface area contributed by atoms with Crippen molar-refractivity contribution in [3.05, 3.63) is 89.2 Å². The van der Waals surface area contributed by atoms with Crippen LogP contribution in [0, 0.1) is 5.82 Å². The van der Waals surface area contributed by atoms with E-state index in [0.29, 0.717) is 41.5 Å². The van der Waals surface area contributed by atoms with E-state index < -0.39 is 23.5 Å². The average molecular weight is 474 g/mol. The first-order valence-electron chi connectivity index (χ1n) is 11.1. The number of aliphatic hydroxyl groups excluding tert-OH is 1. The van der Waals surface area contributed by atoms with Crippen LogP contribution in [0.1, 0.15) is 17.2 Å². The Balaban J connectivity index is 1.68. The van der Waals surface area contributed by atoms with Gasteiger partial charge in [-0.25, -0.2) is 4.39 Å². The number of carbonyl (C=O) groups is 2. The fourth-order valence-corrected chi connectivity index (χ4v) is 4.46. The molecule has 3 aromatic carbocycles. The molecule has 1 N–H and O–H groups in total. The smallest absolute Gasteiger partial charge is 0.300 e. The van der Waals surface area contributed by atoms with Gasteiger partial charge < -0.3 is 19.5 Å². The first kappa shape index (κ1) is 22.5. The number of amides is 1. The highest BCUT2D eigenvalue weighted by atomic mass is 19.1. The van der Waals surface area contributed by atoms with Gasteiger partial charge in [0.15, 0.2) is 0 Å². The lowest BCUT2D eigenvalue weighted by atomic mass is 9.94. The van der Waals surface area contributed by atoms with Gasteiger partial charge in [0, 0.05) is 18.3 Å². The second kappa shape index (κ2) is 8.79. The topological polar surface area (TPSA) is 79.3 Å². The van der Waals surface area contributed by atoms with E-state index in [-0.39, 0.29) is 11.3 Å². The normalized spacial score (nSPS) is 18.9. The standard InChI is InChI=1S/C27H23FN2O5/c1-29-13-14-35-22-12-5-17(15-21(22)29)25(31)23-24(16-3-10-20(34-2)11-4-16)30(27(33)26(23)32)19-8-6-18(28)7-9-19/h3-12,15,24,31H,13-14H2,1-2H3/b25-23-. The van der Waals surface area contributed by atoms with Gasteiger partial charge in [-0.2, -0.15) is 0 Å². The van der Waals surface area contributed by atoms with Crippen LogP contribution < -0.4 is 19.3 Å². The number of ether oxygens (including phenoxy) is 2. The van der Waals surface area contributed by atoms with Crippen LogP contribution in [0.5, 0.6) is 11.5 Å². The van der Waals surface area contributed by atoms with E-state index in [1.165, 1.54) is 36.3 Å². The monoisotopic (exact) mass is 474 g/mol. The molecular formula is C27H23FN2O5. The van der Waals surface area contributed by atoms with Crippen molar-refractivity contribution in [1.82, 2.24) is 0 Å². The zero-order valence-electron chi connectivity index (χ0n) is 19.2. The Bertz CT molecular complexity index is 1330. The van der Waals surface area contributed by atoms with E-state index in [9.17, 15) is 19.1 Å². The Morgan fingerprint density at radius 1 is 1.06 bits per heavy atom. The number of likely N-dealkylation sites (N-methyl/N-ethyl adjacent to an activating group) is 1. The number of rotatable bonds is 4. The van der Waals surface area contributed by atoms with E-state index in [1.807, 2.05) is 11.9 Å². The van der Waals surface area contributed by atoms with Crippen LogP contribution in [0.3, 0.4) is 0 Å². The molecule has 7 nitrogen and oxygen atoms in total. The molecule has 0 aromatic heterocycles. The van der Waals surface area contributed by atoms with Gasteiger partial charge in [-0.1, -0.05) is 12.1 Å². The minimum Gasteiger partial charge on any atom is -0.507 e. The highest BCUT2D eigenvalue weighted by Crippen LogP contribution is 2.43. The molecule has 1 unspecified atom stereocenters. The maximum Gasteiger partial charge on any atom is 0.300 e. The van der Waals surface area contributed by atoms with Crippen LogP contribution >= 0.6 is 0 Å². The lowest BCUT2D eigenvalue weighted by Gasteiger charge is -2.28. The number of anilines is 2. The van der Waals surface area contributed by atoms with E-state index in [4.69, 9.17) is 9.47 Å². The first-order chi connectivity index (χ1) is 16.9. The Kier molecular flexibility index (Phi) is 5.64. The molecule has 3 aromatic rings. The van der Waals surface area contributed by atoms with Crippen LogP contribution in [0.15, 0.2) is 72.3 Å². The summed E-state index contributed by atoms with van der Waals surface area (Å²) in [4.78, 5) is 29.8. The van der Waals surface area contributed by atoms with Gasteiger partial charge >= 0.3 is 0 Å². The molecule has 0 spiro atoms. The van der Waals surface area contributed by atoms with Crippen molar-refractivity contribution in [2.24, 2.45) is 0 Å². The number of methoxy groups -OCH3 is 1. The number of benzene rings is 3.